The van der Waals surface area contributed by atoms with Crippen LogP contribution in [0.3, 0.4) is 0 Å². The summed E-state index contributed by atoms with van der Waals surface area (Å²) in [5.74, 6) is -2.45. The third kappa shape index (κ3) is 4.24. The maximum atomic E-state index is 14.0. The molecular weight excluding hydrogens is 514 g/mol. The summed E-state index contributed by atoms with van der Waals surface area (Å²) in [6.45, 7) is 4.73. The standard InChI is InChI=1S/C29H33N5O6/c1-3-28-13-29(14-28,34(15-28)26(38)21-12-18-19(32-21)5-4-6-22(18)40-2)27(39)33-20(11-16-9-10-30-24(16)36)23(35)25(37)31-17-7-8-17/h3-6,12,16-17,20,32H,1,7-11,13-15H2,2H3,(H,30,36)(H,31,37)(H,33,39)/t16-,20?,28?,29?/m0/s1. The number of hydrogen-bond acceptors (Lipinski definition) is 6. The normalized spacial score (nSPS) is 27.5. The predicted octanol–water partition coefficient (Wildman–Crippen LogP) is 1.20. The molecule has 2 atom stereocenters. The zero-order valence-electron chi connectivity index (χ0n) is 22.4. The van der Waals surface area contributed by atoms with Crippen LogP contribution in [0.4, 0.5) is 0 Å². The van der Waals surface area contributed by atoms with E-state index in [1.54, 1.807) is 30.2 Å². The van der Waals surface area contributed by atoms with Gasteiger partial charge in [0.2, 0.25) is 17.6 Å². The smallest absolute Gasteiger partial charge is 0.289 e. The zero-order chi connectivity index (χ0) is 28.2. The highest BCUT2D eigenvalue weighted by atomic mass is 16.5. The second-order valence-corrected chi connectivity index (χ2v) is 11.6. The Labute approximate surface area is 231 Å². The maximum Gasteiger partial charge on any atom is 0.289 e. The third-order valence-corrected chi connectivity index (χ3v) is 8.90. The number of Topliss-reactive ketones (excluding diaryl/α,β-unsaturated/α-hetero) is 1. The molecule has 4 heterocycles. The molecule has 2 bridgehead atoms. The first-order valence-electron chi connectivity index (χ1n) is 13.7. The lowest BCUT2D eigenvalue weighted by Crippen LogP contribution is -2.63. The number of amides is 4. The van der Waals surface area contributed by atoms with Crippen LogP contribution in [0.2, 0.25) is 0 Å². The van der Waals surface area contributed by atoms with Gasteiger partial charge in [0.05, 0.1) is 13.2 Å². The molecule has 3 saturated heterocycles. The minimum Gasteiger partial charge on any atom is -0.496 e. The number of hydrogen-bond donors (Lipinski definition) is 4. The molecule has 4 amide bonds. The Hall–Kier alpha value is -4.15. The van der Waals surface area contributed by atoms with Crippen molar-refractivity contribution in [3.05, 3.63) is 42.6 Å². The molecule has 210 valence electrons. The summed E-state index contributed by atoms with van der Waals surface area (Å²) in [5.41, 5.74) is -0.563. The van der Waals surface area contributed by atoms with E-state index >= 15 is 0 Å². The lowest BCUT2D eigenvalue weighted by molar-refractivity contribution is -0.143. The SMILES string of the molecule is C=CC12CN(C(=O)c3cc4c(OC)cccc4[nH]3)C(C(=O)NC(C[C@@H]3CCNC3=O)C(=O)C(=O)NC3CC3)(C1)C2. The van der Waals surface area contributed by atoms with E-state index in [9.17, 15) is 24.0 Å². The number of ketones is 1. The number of carbonyl (C=O) groups excluding carboxylic acids is 5. The van der Waals surface area contributed by atoms with Gasteiger partial charge in [-0.3, -0.25) is 24.0 Å². The fourth-order valence-corrected chi connectivity index (χ4v) is 6.53. The Morgan fingerprint density at radius 1 is 1.23 bits per heavy atom. The Balaban J connectivity index is 1.26. The van der Waals surface area contributed by atoms with Crippen molar-refractivity contribution in [2.75, 3.05) is 20.2 Å². The molecular formula is C29H33N5O6. The number of methoxy groups -OCH3 is 1. The van der Waals surface area contributed by atoms with Gasteiger partial charge in [0.15, 0.2) is 0 Å². The van der Waals surface area contributed by atoms with Crippen LogP contribution in [0, 0.1) is 11.3 Å². The van der Waals surface area contributed by atoms with Crippen molar-refractivity contribution in [3.8, 4) is 5.75 Å². The van der Waals surface area contributed by atoms with Gasteiger partial charge in [-0.25, -0.2) is 0 Å². The van der Waals surface area contributed by atoms with Gasteiger partial charge in [-0.1, -0.05) is 12.1 Å². The van der Waals surface area contributed by atoms with Crippen LogP contribution < -0.4 is 20.7 Å². The highest BCUT2D eigenvalue weighted by Gasteiger charge is 2.69. The molecule has 0 radical (unpaired) electrons. The summed E-state index contributed by atoms with van der Waals surface area (Å²) in [4.78, 5) is 70.7. The van der Waals surface area contributed by atoms with Crippen LogP contribution in [0.1, 0.15) is 49.0 Å². The van der Waals surface area contributed by atoms with Gasteiger partial charge in [-0.2, -0.15) is 0 Å². The maximum absolute atomic E-state index is 14.0. The van der Waals surface area contributed by atoms with Crippen LogP contribution in [0.25, 0.3) is 10.9 Å². The van der Waals surface area contributed by atoms with Crippen molar-refractivity contribution in [1.82, 2.24) is 25.8 Å². The van der Waals surface area contributed by atoms with Gasteiger partial charge in [0.25, 0.3) is 11.8 Å². The molecule has 11 heteroatoms. The van der Waals surface area contributed by atoms with E-state index in [2.05, 4.69) is 27.5 Å². The van der Waals surface area contributed by atoms with Gasteiger partial charge in [0.1, 0.15) is 17.0 Å². The van der Waals surface area contributed by atoms with Crippen molar-refractivity contribution in [3.63, 3.8) is 0 Å². The molecule has 1 aromatic carbocycles. The molecule has 2 aliphatic carbocycles. The Morgan fingerprint density at radius 3 is 2.65 bits per heavy atom. The van der Waals surface area contributed by atoms with E-state index in [4.69, 9.17) is 4.74 Å². The van der Waals surface area contributed by atoms with Crippen molar-refractivity contribution < 1.29 is 28.7 Å². The lowest BCUT2D eigenvalue weighted by atomic mass is 9.61. The van der Waals surface area contributed by atoms with Crippen molar-refractivity contribution in [2.45, 2.75) is 56.1 Å². The summed E-state index contributed by atoms with van der Waals surface area (Å²) in [5, 5.41) is 8.97. The summed E-state index contributed by atoms with van der Waals surface area (Å²) < 4.78 is 5.43. The average molecular weight is 548 g/mol. The van der Waals surface area contributed by atoms with Crippen LogP contribution in [0.5, 0.6) is 5.75 Å². The van der Waals surface area contributed by atoms with Gasteiger partial charge in [-0.05, 0) is 56.7 Å². The molecule has 4 N–H and O–H groups in total. The first-order chi connectivity index (χ1) is 19.2. The number of benzene rings is 1. The van der Waals surface area contributed by atoms with Gasteiger partial charge >= 0.3 is 0 Å². The van der Waals surface area contributed by atoms with Crippen molar-refractivity contribution >= 4 is 40.3 Å². The van der Waals surface area contributed by atoms with E-state index in [1.807, 2.05) is 12.1 Å². The molecule has 2 aromatic rings. The minimum absolute atomic E-state index is 0.0208. The first-order valence-corrected chi connectivity index (χ1v) is 13.7. The largest absolute Gasteiger partial charge is 0.496 e. The molecule has 5 fully saturated rings. The number of rotatable bonds is 10. The fourth-order valence-electron chi connectivity index (χ4n) is 6.53. The first kappa shape index (κ1) is 26.1. The number of nitrogens with one attached hydrogen (secondary N) is 4. The third-order valence-electron chi connectivity index (χ3n) is 8.90. The second kappa shape index (κ2) is 9.50. The van der Waals surface area contributed by atoms with Crippen LogP contribution in [-0.2, 0) is 19.2 Å². The molecule has 11 nitrogen and oxygen atoms in total. The fraction of sp³-hybridized carbons (Fsp3) is 0.483. The molecule has 5 aliphatic rings. The topological polar surface area (TPSA) is 150 Å². The molecule has 1 aromatic heterocycles. The minimum atomic E-state index is -1.20. The summed E-state index contributed by atoms with van der Waals surface area (Å²) in [6, 6.07) is 5.98. The molecule has 40 heavy (non-hydrogen) atoms. The number of H-pyrrole nitrogens is 1. The predicted molar refractivity (Wildman–Crippen MR) is 144 cm³/mol. The second-order valence-electron chi connectivity index (χ2n) is 11.6. The molecule has 7 rings (SSSR count). The van der Waals surface area contributed by atoms with Crippen molar-refractivity contribution in [2.24, 2.45) is 11.3 Å². The molecule has 0 spiro atoms. The van der Waals surface area contributed by atoms with Crippen LogP contribution >= 0.6 is 0 Å². The van der Waals surface area contributed by atoms with E-state index in [0.717, 1.165) is 23.7 Å². The van der Waals surface area contributed by atoms with Crippen molar-refractivity contribution in [1.29, 1.82) is 0 Å². The Bertz CT molecular complexity index is 1440. The Kier molecular flexibility index (Phi) is 6.19. The van der Waals surface area contributed by atoms with E-state index in [1.165, 1.54) is 0 Å². The number of fused-ring (bicyclic) bond motifs is 2. The van der Waals surface area contributed by atoms with Gasteiger partial charge < -0.3 is 30.6 Å². The number of aromatic amines is 1. The number of aromatic nitrogens is 1. The lowest BCUT2D eigenvalue weighted by Gasteiger charge is -2.45. The number of ether oxygens (including phenoxy) is 1. The van der Waals surface area contributed by atoms with Crippen LogP contribution in [0.15, 0.2) is 36.9 Å². The van der Waals surface area contributed by atoms with Crippen LogP contribution in [-0.4, -0.2) is 77.1 Å². The molecule has 3 aliphatic heterocycles. The summed E-state index contributed by atoms with van der Waals surface area (Å²) in [7, 11) is 1.56. The quantitative estimate of drug-likeness (QED) is 0.259. The van der Waals surface area contributed by atoms with E-state index in [-0.39, 0.29) is 24.3 Å². The highest BCUT2D eigenvalue weighted by molar-refractivity contribution is 6.38. The molecule has 1 unspecified atom stereocenters. The molecule has 2 saturated carbocycles. The van der Waals surface area contributed by atoms with Gasteiger partial charge in [0, 0.05) is 41.4 Å². The zero-order valence-corrected chi connectivity index (χ0v) is 22.4. The highest BCUT2D eigenvalue weighted by Crippen LogP contribution is 2.60. The number of nitrogens with zero attached hydrogens (tertiary/aromatic N) is 1. The Morgan fingerprint density at radius 2 is 2.00 bits per heavy atom. The van der Waals surface area contributed by atoms with E-state index in [0.29, 0.717) is 43.8 Å². The van der Waals surface area contributed by atoms with Gasteiger partial charge in [-0.15, -0.1) is 6.58 Å². The monoisotopic (exact) mass is 547 g/mol. The summed E-state index contributed by atoms with van der Waals surface area (Å²) >= 11 is 0. The van der Waals surface area contributed by atoms with E-state index < -0.39 is 40.5 Å². The number of carbonyl (C=O) groups is 5. The summed E-state index contributed by atoms with van der Waals surface area (Å²) in [6.07, 6.45) is 4.67. The average Bonchev–Trinajstić information content (AvgIpc) is 3.27.